The van der Waals surface area contributed by atoms with Crippen molar-refractivity contribution in [1.29, 1.82) is 0 Å². The van der Waals surface area contributed by atoms with Crippen molar-refractivity contribution in [3.63, 3.8) is 0 Å². The Morgan fingerprint density at radius 2 is 1.76 bits per heavy atom. The van der Waals surface area contributed by atoms with Crippen LogP contribution in [0.25, 0.3) is 16.8 Å². The Morgan fingerprint density at radius 3 is 2.52 bits per heavy atom. The van der Waals surface area contributed by atoms with Gasteiger partial charge in [-0.2, -0.15) is 0 Å². The Labute approximate surface area is 257 Å². The van der Waals surface area contributed by atoms with Gasteiger partial charge in [-0.05, 0) is 98.1 Å². The number of hydrogen-bond acceptors (Lipinski definition) is 7. The number of fused-ring (bicyclic) bond motifs is 1. The Morgan fingerprint density at radius 1 is 1.00 bits per heavy atom. The maximum absolute atomic E-state index is 13.1. The van der Waals surface area contributed by atoms with Gasteiger partial charge in [0.05, 0.1) is 35.4 Å². The number of nitrogens with zero attached hydrogens (tertiary/aromatic N) is 3. The molecular formula is C33H30BrN3O4S. The SMILES string of the molecule is COc1cc(/C=C2\SC(=Nc3ccc(N4CCOCC4)cc3)N(C)C2=O)cc(Br)c1OCc1ccc2ccccc2c1. The summed E-state index contributed by atoms with van der Waals surface area (Å²) < 4.78 is 18.0. The van der Waals surface area contributed by atoms with Crippen LogP contribution in [0.15, 0.2) is 93.2 Å². The van der Waals surface area contributed by atoms with E-state index >= 15 is 0 Å². The number of thioether (sulfide) groups is 1. The molecule has 4 aromatic rings. The maximum Gasteiger partial charge on any atom is 0.266 e. The molecule has 1 amide bonds. The second kappa shape index (κ2) is 12.6. The minimum absolute atomic E-state index is 0.101. The molecule has 7 nitrogen and oxygen atoms in total. The number of halogens is 1. The summed E-state index contributed by atoms with van der Waals surface area (Å²) in [6.45, 7) is 3.65. The molecule has 0 aliphatic carbocycles. The van der Waals surface area contributed by atoms with E-state index in [-0.39, 0.29) is 5.91 Å². The smallest absolute Gasteiger partial charge is 0.266 e. The van der Waals surface area contributed by atoms with Crippen LogP contribution in [0.2, 0.25) is 0 Å². The van der Waals surface area contributed by atoms with Gasteiger partial charge in [0.15, 0.2) is 16.7 Å². The Bertz CT molecular complexity index is 1680. The third-order valence-electron chi connectivity index (χ3n) is 7.20. The molecule has 0 spiro atoms. The van der Waals surface area contributed by atoms with Gasteiger partial charge < -0.3 is 19.1 Å². The number of methoxy groups -OCH3 is 1. The summed E-state index contributed by atoms with van der Waals surface area (Å²) in [5.41, 5.74) is 3.83. The zero-order valence-electron chi connectivity index (χ0n) is 23.4. The van der Waals surface area contributed by atoms with Crippen molar-refractivity contribution >= 4 is 67.0 Å². The highest BCUT2D eigenvalue weighted by Gasteiger charge is 2.30. The predicted octanol–water partition coefficient (Wildman–Crippen LogP) is 7.26. The van der Waals surface area contributed by atoms with Crippen LogP contribution in [0, 0.1) is 0 Å². The number of carbonyl (C=O) groups excluding carboxylic acids is 1. The van der Waals surface area contributed by atoms with Gasteiger partial charge in [-0.1, -0.05) is 36.4 Å². The fourth-order valence-corrected chi connectivity index (χ4v) is 6.48. The molecule has 0 bridgehead atoms. The third kappa shape index (κ3) is 6.18. The Hall–Kier alpha value is -3.79. The highest BCUT2D eigenvalue weighted by atomic mass is 79.9. The van der Waals surface area contributed by atoms with Crippen molar-refractivity contribution in [2.24, 2.45) is 4.99 Å². The number of rotatable bonds is 7. The van der Waals surface area contributed by atoms with E-state index in [9.17, 15) is 4.79 Å². The summed E-state index contributed by atoms with van der Waals surface area (Å²) in [5, 5.41) is 2.99. The molecule has 0 radical (unpaired) electrons. The van der Waals surface area contributed by atoms with E-state index in [0.29, 0.717) is 28.2 Å². The van der Waals surface area contributed by atoms with E-state index in [2.05, 4.69) is 63.3 Å². The van der Waals surface area contributed by atoms with E-state index in [4.69, 9.17) is 19.2 Å². The maximum atomic E-state index is 13.1. The molecule has 2 fully saturated rings. The molecule has 42 heavy (non-hydrogen) atoms. The molecule has 214 valence electrons. The Kier molecular flexibility index (Phi) is 8.51. The van der Waals surface area contributed by atoms with E-state index in [1.807, 2.05) is 42.5 Å². The number of ether oxygens (including phenoxy) is 3. The number of benzene rings is 4. The van der Waals surface area contributed by atoms with Crippen LogP contribution in [-0.4, -0.2) is 56.4 Å². The van der Waals surface area contributed by atoms with E-state index in [1.54, 1.807) is 19.1 Å². The molecule has 0 unspecified atom stereocenters. The van der Waals surface area contributed by atoms with Crippen LogP contribution in [0.3, 0.4) is 0 Å². The summed E-state index contributed by atoms with van der Waals surface area (Å²) in [5.74, 6) is 1.09. The Balaban J connectivity index is 1.17. The molecule has 0 saturated carbocycles. The monoisotopic (exact) mass is 643 g/mol. The number of carbonyl (C=O) groups is 1. The number of hydrogen-bond donors (Lipinski definition) is 0. The molecule has 0 aromatic heterocycles. The fourth-order valence-electron chi connectivity index (χ4n) is 4.92. The van der Waals surface area contributed by atoms with Crippen LogP contribution in [0.4, 0.5) is 11.4 Å². The first-order valence-corrected chi connectivity index (χ1v) is 15.3. The molecule has 2 aliphatic rings. The third-order valence-corrected chi connectivity index (χ3v) is 8.85. The summed E-state index contributed by atoms with van der Waals surface area (Å²) in [6.07, 6.45) is 1.86. The normalized spacial score (nSPS) is 17.5. The van der Waals surface area contributed by atoms with Crippen molar-refractivity contribution in [3.05, 3.63) is 99.4 Å². The van der Waals surface area contributed by atoms with Crippen LogP contribution in [0.1, 0.15) is 11.1 Å². The minimum atomic E-state index is -0.101. The van der Waals surface area contributed by atoms with Gasteiger partial charge in [-0.3, -0.25) is 9.69 Å². The van der Waals surface area contributed by atoms with Gasteiger partial charge in [0.1, 0.15) is 6.61 Å². The summed E-state index contributed by atoms with van der Waals surface area (Å²) >= 11 is 5.00. The number of likely N-dealkylation sites (N-methyl/N-ethyl adjacent to an activating group) is 1. The van der Waals surface area contributed by atoms with Crippen LogP contribution in [0.5, 0.6) is 11.5 Å². The van der Waals surface area contributed by atoms with Crippen LogP contribution in [-0.2, 0) is 16.1 Å². The number of amides is 1. The molecular weight excluding hydrogens is 614 g/mol. The zero-order chi connectivity index (χ0) is 29.1. The highest BCUT2D eigenvalue weighted by Crippen LogP contribution is 2.40. The van der Waals surface area contributed by atoms with E-state index in [0.717, 1.165) is 53.3 Å². The van der Waals surface area contributed by atoms with Crippen LogP contribution >= 0.6 is 27.7 Å². The molecule has 4 aromatic carbocycles. The van der Waals surface area contributed by atoms with Gasteiger partial charge in [0.2, 0.25) is 0 Å². The lowest BCUT2D eigenvalue weighted by molar-refractivity contribution is -0.121. The lowest BCUT2D eigenvalue weighted by Gasteiger charge is -2.28. The first-order chi connectivity index (χ1) is 20.5. The summed E-state index contributed by atoms with van der Waals surface area (Å²) in [4.78, 5) is 22.3. The molecule has 2 saturated heterocycles. The standard InChI is InChI=1S/C33H30BrN3O4S/c1-36-32(38)30(42-33(36)35-26-9-11-27(12-10-26)37-13-15-40-16-14-37)20-23-18-28(34)31(29(19-23)39-2)41-21-22-7-8-24-5-3-4-6-25(24)17-22/h3-12,17-20H,13-16,21H2,1-2H3/b30-20-,35-33?. The van der Waals surface area contributed by atoms with Crippen molar-refractivity contribution < 1.29 is 19.0 Å². The molecule has 6 rings (SSSR count). The molecule has 2 aliphatic heterocycles. The fraction of sp³-hybridized carbons (Fsp3) is 0.212. The second-order valence-electron chi connectivity index (χ2n) is 9.99. The minimum Gasteiger partial charge on any atom is -0.493 e. The zero-order valence-corrected chi connectivity index (χ0v) is 25.8. The molecule has 0 atom stereocenters. The average molecular weight is 645 g/mol. The lowest BCUT2D eigenvalue weighted by atomic mass is 10.1. The van der Waals surface area contributed by atoms with Gasteiger partial charge in [0, 0.05) is 25.8 Å². The summed E-state index contributed by atoms with van der Waals surface area (Å²) in [6, 6.07) is 26.5. The molecule has 2 heterocycles. The number of amidine groups is 1. The van der Waals surface area contributed by atoms with Gasteiger partial charge in [-0.15, -0.1) is 0 Å². The largest absolute Gasteiger partial charge is 0.493 e. The summed E-state index contributed by atoms with van der Waals surface area (Å²) in [7, 11) is 3.36. The quantitative estimate of drug-likeness (QED) is 0.198. The average Bonchev–Trinajstić information content (AvgIpc) is 3.28. The first-order valence-electron chi connectivity index (χ1n) is 13.7. The number of aliphatic imine (C=N–C) groups is 1. The van der Waals surface area contributed by atoms with Gasteiger partial charge in [0.25, 0.3) is 5.91 Å². The van der Waals surface area contributed by atoms with Crippen LogP contribution < -0.4 is 14.4 Å². The first kappa shape index (κ1) is 28.3. The van der Waals surface area contributed by atoms with Gasteiger partial charge >= 0.3 is 0 Å². The second-order valence-corrected chi connectivity index (χ2v) is 11.9. The van der Waals surface area contributed by atoms with Crippen molar-refractivity contribution in [3.8, 4) is 11.5 Å². The number of morpholine rings is 1. The predicted molar refractivity (Wildman–Crippen MR) is 174 cm³/mol. The molecule has 9 heteroatoms. The topological polar surface area (TPSA) is 63.6 Å². The lowest BCUT2D eigenvalue weighted by Crippen LogP contribution is -2.36. The van der Waals surface area contributed by atoms with Gasteiger partial charge in [-0.25, -0.2) is 4.99 Å². The van der Waals surface area contributed by atoms with Crippen molar-refractivity contribution in [2.45, 2.75) is 6.61 Å². The van der Waals surface area contributed by atoms with E-state index < -0.39 is 0 Å². The molecule has 0 N–H and O–H groups in total. The van der Waals surface area contributed by atoms with E-state index in [1.165, 1.54) is 22.5 Å². The van der Waals surface area contributed by atoms with Crippen molar-refractivity contribution in [1.82, 2.24) is 4.90 Å². The highest BCUT2D eigenvalue weighted by molar-refractivity contribution is 9.10. The van der Waals surface area contributed by atoms with Crippen molar-refractivity contribution in [2.75, 3.05) is 45.4 Å². The number of anilines is 1.